The highest BCUT2D eigenvalue weighted by atomic mass is 32.2. The molecule has 0 aliphatic carbocycles. The Bertz CT molecular complexity index is 1570. The number of thiocarbonyl (C=S) groups is 1. The zero-order valence-electron chi connectivity index (χ0n) is 22.9. The van der Waals surface area contributed by atoms with Crippen LogP contribution in [0.2, 0.25) is 0 Å². The van der Waals surface area contributed by atoms with Gasteiger partial charge in [0, 0.05) is 36.2 Å². The highest BCUT2D eigenvalue weighted by Crippen LogP contribution is 2.46. The highest BCUT2D eigenvalue weighted by Gasteiger charge is 2.41. The van der Waals surface area contributed by atoms with E-state index in [9.17, 15) is 8.42 Å². The smallest absolute Gasteiger partial charge is 0.229 e. The molecule has 1 fully saturated rings. The van der Waals surface area contributed by atoms with Gasteiger partial charge >= 0.3 is 0 Å². The molecule has 1 saturated heterocycles. The van der Waals surface area contributed by atoms with Crippen LogP contribution in [-0.2, 0) is 10.0 Å². The van der Waals surface area contributed by atoms with Crippen molar-refractivity contribution in [1.29, 1.82) is 0 Å². The van der Waals surface area contributed by atoms with Gasteiger partial charge < -0.3 is 19.9 Å². The molecule has 0 bridgehead atoms. The minimum absolute atomic E-state index is 0.0874. The number of likely N-dealkylation sites (N-methyl/N-ethyl adjacent to an activating group) is 1. The van der Waals surface area contributed by atoms with E-state index in [-0.39, 0.29) is 17.6 Å². The largest absolute Gasteiger partial charge is 0.494 e. The van der Waals surface area contributed by atoms with Crippen LogP contribution in [0, 0.1) is 0 Å². The van der Waals surface area contributed by atoms with Crippen molar-refractivity contribution in [2.24, 2.45) is 0 Å². The van der Waals surface area contributed by atoms with Crippen LogP contribution in [0.5, 0.6) is 5.75 Å². The Balaban J connectivity index is 1.64. The summed E-state index contributed by atoms with van der Waals surface area (Å²) in [5.41, 5.74) is 6.58. The maximum atomic E-state index is 11.9. The van der Waals surface area contributed by atoms with Crippen LogP contribution in [0.15, 0.2) is 66.9 Å². The topological polar surface area (TPSA) is 86.8 Å². The Kier molecular flexibility index (Phi) is 6.80. The number of methoxy groups -OCH3 is 1. The molecule has 8 nitrogen and oxygen atoms in total. The number of benzene rings is 2. The van der Waals surface area contributed by atoms with Crippen molar-refractivity contribution in [3.63, 3.8) is 0 Å². The van der Waals surface area contributed by atoms with Crippen molar-refractivity contribution in [2.45, 2.75) is 38.4 Å². The number of pyridine rings is 1. The van der Waals surface area contributed by atoms with Gasteiger partial charge in [0.2, 0.25) is 10.0 Å². The summed E-state index contributed by atoms with van der Waals surface area (Å²) in [7, 11) is 0.155. The average molecular weight is 564 g/mol. The summed E-state index contributed by atoms with van der Waals surface area (Å²) in [6.45, 7) is 6.57. The van der Waals surface area contributed by atoms with Crippen LogP contribution in [0.4, 0.5) is 17.1 Å². The third-order valence-corrected chi connectivity index (χ3v) is 8.34. The van der Waals surface area contributed by atoms with Crippen LogP contribution in [0.1, 0.15) is 49.7 Å². The van der Waals surface area contributed by atoms with E-state index in [1.54, 1.807) is 18.3 Å². The molecular weight excluding hydrogens is 530 g/mol. The molecule has 3 heterocycles. The lowest BCUT2D eigenvalue weighted by atomic mass is 9.86. The Hall–Kier alpha value is -3.63. The molecule has 3 aromatic rings. The first-order valence-electron chi connectivity index (χ1n) is 12.6. The number of nitrogens with one attached hydrogen (secondary N) is 2. The van der Waals surface area contributed by atoms with Gasteiger partial charge in [-0.3, -0.25) is 9.71 Å². The lowest BCUT2D eigenvalue weighted by Crippen LogP contribution is -2.42. The van der Waals surface area contributed by atoms with Crippen LogP contribution in [-0.4, -0.2) is 44.5 Å². The van der Waals surface area contributed by atoms with Crippen LogP contribution >= 0.6 is 12.2 Å². The molecule has 0 amide bonds. The molecule has 2 aromatic carbocycles. The molecule has 2 N–H and O–H groups in total. The van der Waals surface area contributed by atoms with Gasteiger partial charge in [0.15, 0.2) is 5.11 Å². The average Bonchev–Trinajstić information content (AvgIpc) is 3.23. The third kappa shape index (κ3) is 5.06. The second kappa shape index (κ2) is 9.84. The molecule has 0 spiro atoms. The molecule has 1 aromatic heterocycles. The minimum atomic E-state index is -3.48. The van der Waals surface area contributed by atoms with Crippen molar-refractivity contribution in [3.05, 3.63) is 83.7 Å². The van der Waals surface area contributed by atoms with E-state index in [0.29, 0.717) is 16.5 Å². The van der Waals surface area contributed by atoms with Gasteiger partial charge in [-0.15, -0.1) is 0 Å². The lowest BCUT2D eigenvalue weighted by Gasteiger charge is -2.41. The number of aromatic nitrogens is 1. The number of allylic oxidation sites excluding steroid dienone is 1. The highest BCUT2D eigenvalue weighted by molar-refractivity contribution is 7.92. The van der Waals surface area contributed by atoms with E-state index in [1.165, 1.54) is 23.9 Å². The summed E-state index contributed by atoms with van der Waals surface area (Å²) >= 11 is 5.88. The van der Waals surface area contributed by atoms with Gasteiger partial charge in [-0.1, -0.05) is 18.2 Å². The first-order valence-corrected chi connectivity index (χ1v) is 14.9. The summed E-state index contributed by atoms with van der Waals surface area (Å²) < 4.78 is 31.8. The monoisotopic (exact) mass is 563 g/mol. The predicted molar refractivity (Wildman–Crippen MR) is 162 cm³/mol. The number of hydrogen-bond acceptors (Lipinski definition) is 6. The third-order valence-electron chi connectivity index (χ3n) is 7.44. The quantitative estimate of drug-likeness (QED) is 0.393. The normalized spacial score (nSPS) is 20.3. The molecule has 0 unspecified atom stereocenters. The number of ether oxygens (including phenoxy) is 1. The number of nitrogens with zero attached hydrogens (tertiary/aromatic N) is 3. The van der Waals surface area contributed by atoms with E-state index in [4.69, 9.17) is 17.0 Å². The Morgan fingerprint density at radius 1 is 1.13 bits per heavy atom. The van der Waals surface area contributed by atoms with Crippen LogP contribution in [0.3, 0.4) is 0 Å². The fraction of sp³-hybridized carbons (Fsp3) is 0.310. The molecule has 2 aliphatic heterocycles. The summed E-state index contributed by atoms with van der Waals surface area (Å²) in [5, 5.41) is 4.03. The summed E-state index contributed by atoms with van der Waals surface area (Å²) in [6, 6.07) is 17.4. The molecule has 39 heavy (non-hydrogen) atoms. The van der Waals surface area contributed by atoms with E-state index >= 15 is 0 Å². The van der Waals surface area contributed by atoms with Crippen LogP contribution < -0.4 is 24.6 Å². The fourth-order valence-corrected chi connectivity index (χ4v) is 6.36. The summed E-state index contributed by atoms with van der Waals surface area (Å²) in [4.78, 5) is 9.00. The number of sulfonamides is 1. The van der Waals surface area contributed by atoms with Gasteiger partial charge in [0.1, 0.15) is 5.75 Å². The second-order valence-electron chi connectivity index (χ2n) is 10.6. The Labute approximate surface area is 235 Å². The van der Waals surface area contributed by atoms with Crippen molar-refractivity contribution >= 4 is 50.0 Å². The Morgan fingerprint density at radius 2 is 1.90 bits per heavy atom. The molecule has 2 aliphatic rings. The molecule has 204 valence electrons. The SMILES string of the molecule is COc1cc(N2C(=S)N[C@H](c3ccccn3)[C@H]2c2ccc3c(c2)C(C)=CC(C)(C)N3C)ccc1NS(C)(=O)=O. The van der Waals surface area contributed by atoms with E-state index in [0.717, 1.165) is 23.2 Å². The molecule has 0 saturated carbocycles. The molecule has 10 heteroatoms. The van der Waals surface area contributed by atoms with Crippen molar-refractivity contribution in [2.75, 3.05) is 34.9 Å². The number of hydrogen-bond donors (Lipinski definition) is 2. The second-order valence-corrected chi connectivity index (χ2v) is 12.7. The maximum absolute atomic E-state index is 11.9. The predicted octanol–water partition coefficient (Wildman–Crippen LogP) is 5.27. The summed E-state index contributed by atoms with van der Waals surface area (Å²) in [5.74, 6) is 0.397. The maximum Gasteiger partial charge on any atom is 0.229 e. The van der Waals surface area contributed by atoms with E-state index in [1.807, 2.05) is 24.3 Å². The van der Waals surface area contributed by atoms with Crippen molar-refractivity contribution < 1.29 is 13.2 Å². The van der Waals surface area contributed by atoms with Gasteiger partial charge in [-0.25, -0.2) is 8.42 Å². The zero-order valence-corrected chi connectivity index (χ0v) is 24.5. The first kappa shape index (κ1) is 27.0. The van der Waals surface area contributed by atoms with Gasteiger partial charge in [-0.05, 0) is 80.5 Å². The molecule has 2 atom stereocenters. The van der Waals surface area contributed by atoms with Gasteiger partial charge in [0.05, 0.1) is 42.4 Å². The van der Waals surface area contributed by atoms with Gasteiger partial charge in [-0.2, -0.15) is 0 Å². The van der Waals surface area contributed by atoms with E-state index < -0.39 is 10.0 Å². The standard InChI is InChI=1S/C29H33N5O3S2/c1-18-17-29(2,3)33(4)24-13-10-19(15-21(18)24)27-26(23-9-7-8-14-30-23)31-28(38)34(27)20-11-12-22(25(16-20)37-5)32-39(6,35)36/h7-17,26-27,32H,1-6H3,(H,31,38)/t26-,27-/m1/s1. The minimum Gasteiger partial charge on any atom is -0.494 e. The Morgan fingerprint density at radius 3 is 2.56 bits per heavy atom. The molecular formula is C29H33N5O3S2. The molecule has 5 rings (SSSR count). The summed E-state index contributed by atoms with van der Waals surface area (Å²) in [6.07, 6.45) is 5.19. The van der Waals surface area contributed by atoms with Gasteiger partial charge in [0.25, 0.3) is 0 Å². The van der Waals surface area contributed by atoms with E-state index in [2.05, 4.69) is 76.9 Å². The fourth-order valence-electron chi connectivity index (χ4n) is 5.45. The lowest BCUT2D eigenvalue weighted by molar-refractivity contribution is 0.417. The van der Waals surface area contributed by atoms with Crippen molar-refractivity contribution in [1.82, 2.24) is 10.3 Å². The molecule has 0 radical (unpaired) electrons. The number of fused-ring (bicyclic) bond motifs is 1. The zero-order chi connectivity index (χ0) is 28.1. The van der Waals surface area contributed by atoms with Crippen LogP contribution in [0.25, 0.3) is 5.57 Å². The number of rotatable bonds is 6. The number of anilines is 3. The van der Waals surface area contributed by atoms with Crippen molar-refractivity contribution in [3.8, 4) is 5.75 Å². The first-order chi connectivity index (χ1) is 18.4.